The smallest absolute Gasteiger partial charge is 0.407 e. The lowest BCUT2D eigenvalue weighted by Gasteiger charge is -2.37. The van der Waals surface area contributed by atoms with Crippen molar-refractivity contribution in [3.63, 3.8) is 0 Å². The molecule has 0 unspecified atom stereocenters. The number of carboxylic acid groups (broad SMARTS) is 1. The third-order valence-corrected chi connectivity index (χ3v) is 2.90. The fraction of sp³-hybridized carbons (Fsp3) is 0.833. The lowest BCUT2D eigenvalue weighted by Crippen LogP contribution is -2.55. The molecule has 1 rings (SSSR count). The van der Waals surface area contributed by atoms with Crippen molar-refractivity contribution in [2.24, 2.45) is 5.92 Å². The minimum absolute atomic E-state index is 0.193. The molecule has 0 radical (unpaired) electrons. The third-order valence-electron chi connectivity index (χ3n) is 2.90. The summed E-state index contributed by atoms with van der Waals surface area (Å²) in [5.74, 6) is -1.80. The fourth-order valence-electron chi connectivity index (χ4n) is 2.07. The lowest BCUT2D eigenvalue weighted by atomic mass is 9.94. The van der Waals surface area contributed by atoms with Crippen molar-refractivity contribution in [3.8, 4) is 0 Å². The number of hydrogen-bond donors (Lipinski definition) is 2. The summed E-state index contributed by atoms with van der Waals surface area (Å²) >= 11 is 0. The zero-order valence-corrected chi connectivity index (χ0v) is 12.0. The Labute approximate surface area is 120 Å². The summed E-state index contributed by atoms with van der Waals surface area (Å²) in [5.41, 5.74) is -0.783. The van der Waals surface area contributed by atoms with Gasteiger partial charge in [-0.05, 0) is 27.2 Å². The van der Waals surface area contributed by atoms with Gasteiger partial charge in [0.1, 0.15) is 5.60 Å². The van der Waals surface area contributed by atoms with Crippen LogP contribution in [0.4, 0.5) is 22.8 Å². The Morgan fingerprint density at radius 1 is 1.24 bits per heavy atom. The Morgan fingerprint density at radius 3 is 2.24 bits per heavy atom. The average Bonchev–Trinajstić information content (AvgIpc) is 2.24. The number of amides is 2. The highest BCUT2D eigenvalue weighted by Crippen LogP contribution is 2.33. The lowest BCUT2D eigenvalue weighted by molar-refractivity contribution is -0.186. The number of piperidine rings is 1. The van der Waals surface area contributed by atoms with Crippen LogP contribution in [0.2, 0.25) is 0 Å². The van der Waals surface area contributed by atoms with E-state index in [0.29, 0.717) is 4.90 Å². The normalized spacial score (nSPS) is 23.6. The van der Waals surface area contributed by atoms with E-state index in [2.05, 4.69) is 5.32 Å². The van der Waals surface area contributed by atoms with Crippen molar-refractivity contribution in [2.45, 2.75) is 45.0 Å². The van der Waals surface area contributed by atoms with Gasteiger partial charge in [-0.1, -0.05) is 0 Å². The molecule has 2 amide bonds. The number of carbonyl (C=O) groups excluding carboxylic acids is 1. The molecular formula is C12H19F3N2O4. The van der Waals surface area contributed by atoms with Crippen LogP contribution in [-0.4, -0.2) is 53.1 Å². The first-order valence-corrected chi connectivity index (χ1v) is 6.42. The Bertz CT molecular complexity index is 406. The molecule has 0 spiro atoms. The van der Waals surface area contributed by atoms with Gasteiger partial charge < -0.3 is 20.1 Å². The standard InChI is InChI=1S/C12H19F3N2O4/c1-11(2,3)21-9(18)16-8-4-7(12(13,14)15)5-17(6-8)10(19)20/h7-8H,4-6H2,1-3H3,(H,16,18)(H,19,20)/t7-,8-/m1/s1. The van der Waals surface area contributed by atoms with Crippen LogP contribution < -0.4 is 5.32 Å². The van der Waals surface area contributed by atoms with E-state index in [1.54, 1.807) is 20.8 Å². The van der Waals surface area contributed by atoms with Gasteiger partial charge in [-0.15, -0.1) is 0 Å². The van der Waals surface area contributed by atoms with Gasteiger partial charge in [-0.25, -0.2) is 9.59 Å². The number of hydrogen-bond acceptors (Lipinski definition) is 3. The molecule has 0 saturated carbocycles. The minimum Gasteiger partial charge on any atom is -0.465 e. The largest absolute Gasteiger partial charge is 0.465 e. The van der Waals surface area contributed by atoms with Crippen LogP contribution >= 0.6 is 0 Å². The number of alkyl halides is 3. The monoisotopic (exact) mass is 312 g/mol. The van der Waals surface area contributed by atoms with Crippen LogP contribution in [0.1, 0.15) is 27.2 Å². The molecule has 21 heavy (non-hydrogen) atoms. The van der Waals surface area contributed by atoms with E-state index in [9.17, 15) is 22.8 Å². The predicted octanol–water partition coefficient (Wildman–Crippen LogP) is 2.44. The second kappa shape index (κ2) is 5.98. The summed E-state index contributed by atoms with van der Waals surface area (Å²) in [6.07, 6.45) is -7.19. The van der Waals surface area contributed by atoms with E-state index < -0.39 is 42.5 Å². The van der Waals surface area contributed by atoms with Crippen molar-refractivity contribution < 1.29 is 32.6 Å². The maximum Gasteiger partial charge on any atom is 0.407 e. The number of nitrogens with one attached hydrogen (secondary N) is 1. The van der Waals surface area contributed by atoms with E-state index in [1.165, 1.54) is 0 Å². The first-order valence-electron chi connectivity index (χ1n) is 6.42. The molecule has 1 fully saturated rings. The summed E-state index contributed by atoms with van der Waals surface area (Å²) in [6, 6.07) is -0.934. The van der Waals surface area contributed by atoms with E-state index in [0.717, 1.165) is 0 Å². The maximum atomic E-state index is 12.8. The van der Waals surface area contributed by atoms with Gasteiger partial charge in [0.05, 0.1) is 12.0 Å². The number of nitrogens with zero attached hydrogens (tertiary/aromatic N) is 1. The molecule has 2 atom stereocenters. The van der Waals surface area contributed by atoms with Crippen LogP contribution in [0.5, 0.6) is 0 Å². The number of alkyl carbamates (subject to hydrolysis) is 1. The van der Waals surface area contributed by atoms with Crippen LogP contribution in [0.15, 0.2) is 0 Å². The zero-order chi connectivity index (χ0) is 16.4. The molecule has 0 aromatic rings. The van der Waals surface area contributed by atoms with Gasteiger partial charge >= 0.3 is 18.4 Å². The third kappa shape index (κ3) is 5.68. The number of carbonyl (C=O) groups is 2. The van der Waals surface area contributed by atoms with Gasteiger partial charge in [0.25, 0.3) is 0 Å². The number of rotatable bonds is 1. The van der Waals surface area contributed by atoms with Crippen molar-refractivity contribution in [2.75, 3.05) is 13.1 Å². The molecule has 0 aromatic carbocycles. The molecular weight excluding hydrogens is 293 g/mol. The van der Waals surface area contributed by atoms with Crippen LogP contribution in [0, 0.1) is 5.92 Å². The highest BCUT2D eigenvalue weighted by atomic mass is 19.4. The van der Waals surface area contributed by atoms with Gasteiger partial charge in [0.15, 0.2) is 0 Å². The van der Waals surface area contributed by atoms with Crippen molar-refractivity contribution >= 4 is 12.2 Å². The maximum absolute atomic E-state index is 12.8. The molecule has 9 heteroatoms. The molecule has 0 aromatic heterocycles. The minimum atomic E-state index is -4.51. The van der Waals surface area contributed by atoms with E-state index >= 15 is 0 Å². The molecule has 122 valence electrons. The van der Waals surface area contributed by atoms with Gasteiger partial charge in [-0.2, -0.15) is 13.2 Å². The van der Waals surface area contributed by atoms with Crippen molar-refractivity contribution in [3.05, 3.63) is 0 Å². The molecule has 1 heterocycles. The molecule has 1 aliphatic heterocycles. The molecule has 1 saturated heterocycles. The highest BCUT2D eigenvalue weighted by Gasteiger charge is 2.46. The number of likely N-dealkylation sites (tertiary alicyclic amines) is 1. The first kappa shape index (κ1) is 17.4. The van der Waals surface area contributed by atoms with Crippen LogP contribution in [0.25, 0.3) is 0 Å². The SMILES string of the molecule is CC(C)(C)OC(=O)N[C@@H]1C[C@@H](C(F)(F)F)CN(C(=O)O)C1. The molecule has 0 aliphatic carbocycles. The molecule has 2 N–H and O–H groups in total. The average molecular weight is 312 g/mol. The quantitative estimate of drug-likeness (QED) is 0.779. The summed E-state index contributed by atoms with van der Waals surface area (Å²) in [4.78, 5) is 23.1. The Morgan fingerprint density at radius 2 is 1.81 bits per heavy atom. The second-order valence-electron chi connectivity index (χ2n) is 6.00. The highest BCUT2D eigenvalue weighted by molar-refractivity contribution is 5.69. The Balaban J connectivity index is 2.72. The van der Waals surface area contributed by atoms with E-state index in [4.69, 9.17) is 9.84 Å². The number of halogens is 3. The van der Waals surface area contributed by atoms with Gasteiger partial charge in [0.2, 0.25) is 0 Å². The summed E-state index contributed by atoms with van der Waals surface area (Å²) in [5, 5.41) is 11.2. The van der Waals surface area contributed by atoms with Crippen LogP contribution in [-0.2, 0) is 4.74 Å². The summed E-state index contributed by atoms with van der Waals surface area (Å²) in [6.45, 7) is 4.05. The number of ether oxygens (including phenoxy) is 1. The molecule has 6 nitrogen and oxygen atoms in total. The first-order chi connectivity index (χ1) is 9.38. The van der Waals surface area contributed by atoms with Gasteiger partial charge in [-0.3, -0.25) is 0 Å². The summed E-state index contributed by atoms with van der Waals surface area (Å²) < 4.78 is 43.3. The van der Waals surface area contributed by atoms with Crippen molar-refractivity contribution in [1.29, 1.82) is 0 Å². The van der Waals surface area contributed by atoms with Crippen molar-refractivity contribution in [1.82, 2.24) is 10.2 Å². The topological polar surface area (TPSA) is 78.9 Å². The summed E-state index contributed by atoms with van der Waals surface area (Å²) in [7, 11) is 0. The van der Waals surface area contributed by atoms with Gasteiger partial charge in [0, 0.05) is 13.1 Å². The van der Waals surface area contributed by atoms with Crippen LogP contribution in [0.3, 0.4) is 0 Å². The second-order valence-corrected chi connectivity index (χ2v) is 6.00. The Hall–Kier alpha value is -1.67. The molecule has 1 aliphatic rings. The fourth-order valence-corrected chi connectivity index (χ4v) is 2.07. The zero-order valence-electron chi connectivity index (χ0n) is 12.0. The predicted molar refractivity (Wildman–Crippen MR) is 66.9 cm³/mol. The molecule has 0 bridgehead atoms. The van der Waals surface area contributed by atoms with E-state index in [-0.39, 0.29) is 13.0 Å². The Kier molecular flexibility index (Phi) is 4.95. The van der Waals surface area contributed by atoms with E-state index in [1.807, 2.05) is 0 Å².